The number of hydrogen-bond donors (Lipinski definition) is 1. The SMILES string of the molecule is NC(=O)CCC1CCC(CC(=O)c2ccccc2)O1. The van der Waals surface area contributed by atoms with E-state index in [9.17, 15) is 9.59 Å². The van der Waals surface area contributed by atoms with Gasteiger partial charge in [-0.1, -0.05) is 30.3 Å². The van der Waals surface area contributed by atoms with Gasteiger partial charge in [0.1, 0.15) is 0 Å². The number of ketones is 1. The lowest BCUT2D eigenvalue weighted by Gasteiger charge is -2.12. The van der Waals surface area contributed by atoms with Gasteiger partial charge in [0.25, 0.3) is 0 Å². The third-order valence-corrected chi connectivity index (χ3v) is 3.42. The van der Waals surface area contributed by atoms with Crippen molar-refractivity contribution in [3.63, 3.8) is 0 Å². The number of hydrogen-bond acceptors (Lipinski definition) is 3. The smallest absolute Gasteiger partial charge is 0.217 e. The number of primary amides is 1. The predicted molar refractivity (Wildman–Crippen MR) is 71.7 cm³/mol. The first-order valence-corrected chi connectivity index (χ1v) is 6.67. The molecule has 1 aliphatic heterocycles. The van der Waals surface area contributed by atoms with E-state index < -0.39 is 0 Å². The van der Waals surface area contributed by atoms with Gasteiger partial charge >= 0.3 is 0 Å². The van der Waals surface area contributed by atoms with Crippen LogP contribution in [-0.2, 0) is 9.53 Å². The van der Waals surface area contributed by atoms with Crippen LogP contribution in [0.15, 0.2) is 30.3 Å². The molecule has 0 radical (unpaired) electrons. The molecule has 1 aromatic rings. The number of ether oxygens (including phenoxy) is 1. The van der Waals surface area contributed by atoms with Gasteiger partial charge in [-0.15, -0.1) is 0 Å². The van der Waals surface area contributed by atoms with Gasteiger partial charge in [-0.25, -0.2) is 0 Å². The summed E-state index contributed by atoms with van der Waals surface area (Å²) in [5.74, 6) is -0.187. The zero-order valence-corrected chi connectivity index (χ0v) is 10.9. The van der Waals surface area contributed by atoms with Gasteiger partial charge in [0.15, 0.2) is 5.78 Å². The molecule has 0 bridgehead atoms. The number of Topliss-reactive ketones (excluding diaryl/α,β-unsaturated/α-hetero) is 1. The summed E-state index contributed by atoms with van der Waals surface area (Å²) in [6.07, 6.45) is 3.25. The molecule has 2 atom stereocenters. The van der Waals surface area contributed by atoms with Crippen molar-refractivity contribution in [1.29, 1.82) is 0 Å². The third-order valence-electron chi connectivity index (χ3n) is 3.42. The average Bonchev–Trinajstić information content (AvgIpc) is 2.85. The van der Waals surface area contributed by atoms with Crippen LogP contribution in [0, 0.1) is 0 Å². The molecule has 2 unspecified atom stereocenters. The molecule has 1 aliphatic rings. The Kier molecular flexibility index (Phi) is 4.68. The molecule has 1 saturated heterocycles. The predicted octanol–water partition coefficient (Wildman–Crippen LogP) is 2.07. The van der Waals surface area contributed by atoms with Crippen molar-refractivity contribution in [3.05, 3.63) is 35.9 Å². The highest BCUT2D eigenvalue weighted by Crippen LogP contribution is 2.26. The summed E-state index contributed by atoms with van der Waals surface area (Å²) in [6, 6.07) is 9.25. The van der Waals surface area contributed by atoms with Crippen LogP contribution >= 0.6 is 0 Å². The van der Waals surface area contributed by atoms with Gasteiger partial charge in [-0.05, 0) is 19.3 Å². The molecular weight excluding hydrogens is 242 g/mol. The summed E-state index contributed by atoms with van der Waals surface area (Å²) in [5, 5.41) is 0. The Morgan fingerprint density at radius 3 is 2.53 bits per heavy atom. The van der Waals surface area contributed by atoms with Gasteiger partial charge in [-0.2, -0.15) is 0 Å². The van der Waals surface area contributed by atoms with Crippen LogP contribution in [0.5, 0.6) is 0 Å². The van der Waals surface area contributed by atoms with Gasteiger partial charge < -0.3 is 10.5 Å². The van der Waals surface area contributed by atoms with E-state index >= 15 is 0 Å². The Labute approximate surface area is 112 Å². The first-order valence-electron chi connectivity index (χ1n) is 6.67. The van der Waals surface area contributed by atoms with Crippen LogP contribution in [0.4, 0.5) is 0 Å². The zero-order chi connectivity index (χ0) is 13.7. The lowest BCUT2D eigenvalue weighted by atomic mass is 10.0. The summed E-state index contributed by atoms with van der Waals surface area (Å²) in [7, 11) is 0. The molecule has 0 spiro atoms. The van der Waals surface area contributed by atoms with E-state index in [1.54, 1.807) is 0 Å². The number of benzene rings is 1. The van der Waals surface area contributed by atoms with Crippen LogP contribution < -0.4 is 5.73 Å². The molecule has 0 saturated carbocycles. The molecule has 1 heterocycles. The first kappa shape index (κ1) is 13.7. The number of amides is 1. The highest BCUT2D eigenvalue weighted by Gasteiger charge is 2.27. The second-order valence-corrected chi connectivity index (χ2v) is 4.96. The van der Waals surface area contributed by atoms with Crippen LogP contribution in [-0.4, -0.2) is 23.9 Å². The molecule has 19 heavy (non-hydrogen) atoms. The summed E-state index contributed by atoms with van der Waals surface area (Å²) in [4.78, 5) is 22.7. The topological polar surface area (TPSA) is 69.4 Å². The Bertz CT molecular complexity index is 444. The lowest BCUT2D eigenvalue weighted by Crippen LogP contribution is -2.18. The quantitative estimate of drug-likeness (QED) is 0.797. The van der Waals surface area contributed by atoms with Crippen molar-refractivity contribution in [2.24, 2.45) is 5.73 Å². The molecule has 2 rings (SSSR count). The van der Waals surface area contributed by atoms with E-state index in [1.807, 2.05) is 30.3 Å². The average molecular weight is 261 g/mol. The third kappa shape index (κ3) is 4.17. The molecule has 0 aromatic heterocycles. The number of nitrogens with two attached hydrogens (primary N) is 1. The molecule has 0 aliphatic carbocycles. The minimum absolute atomic E-state index is 0.0226. The van der Waals surface area contributed by atoms with Gasteiger partial charge in [0.05, 0.1) is 12.2 Å². The largest absolute Gasteiger partial charge is 0.375 e. The van der Waals surface area contributed by atoms with Crippen molar-refractivity contribution >= 4 is 11.7 Å². The Morgan fingerprint density at radius 1 is 1.16 bits per heavy atom. The van der Waals surface area contributed by atoms with E-state index in [2.05, 4.69) is 0 Å². The van der Waals surface area contributed by atoms with Gasteiger partial charge in [-0.3, -0.25) is 9.59 Å². The molecule has 1 aromatic carbocycles. The Balaban J connectivity index is 1.79. The maximum Gasteiger partial charge on any atom is 0.217 e. The van der Waals surface area contributed by atoms with Crippen LogP contribution in [0.3, 0.4) is 0 Å². The molecule has 1 amide bonds. The fraction of sp³-hybridized carbons (Fsp3) is 0.467. The second kappa shape index (κ2) is 6.48. The fourth-order valence-electron chi connectivity index (χ4n) is 2.39. The number of carbonyl (C=O) groups excluding carboxylic acids is 2. The fourth-order valence-corrected chi connectivity index (χ4v) is 2.39. The Morgan fingerprint density at radius 2 is 1.84 bits per heavy atom. The van der Waals surface area contributed by atoms with E-state index in [4.69, 9.17) is 10.5 Å². The highest BCUT2D eigenvalue weighted by molar-refractivity contribution is 5.96. The standard InChI is InChI=1S/C15H19NO3/c16-15(18)9-8-12-6-7-13(19-12)10-14(17)11-4-2-1-3-5-11/h1-5,12-13H,6-10H2,(H2,16,18). The minimum atomic E-state index is -0.299. The van der Waals surface area contributed by atoms with E-state index in [1.165, 1.54) is 0 Å². The lowest BCUT2D eigenvalue weighted by molar-refractivity contribution is -0.118. The van der Waals surface area contributed by atoms with Crippen molar-refractivity contribution in [1.82, 2.24) is 0 Å². The van der Waals surface area contributed by atoms with Crippen LogP contribution in [0.2, 0.25) is 0 Å². The zero-order valence-electron chi connectivity index (χ0n) is 10.9. The molecule has 2 N–H and O–H groups in total. The van der Waals surface area contributed by atoms with E-state index in [-0.39, 0.29) is 23.9 Å². The van der Waals surface area contributed by atoms with E-state index in [0.717, 1.165) is 18.4 Å². The Hall–Kier alpha value is -1.68. The summed E-state index contributed by atoms with van der Waals surface area (Å²) in [6.45, 7) is 0. The van der Waals surface area contributed by atoms with Crippen LogP contribution in [0.1, 0.15) is 42.5 Å². The summed E-state index contributed by atoms with van der Waals surface area (Å²) < 4.78 is 5.78. The highest BCUT2D eigenvalue weighted by atomic mass is 16.5. The van der Waals surface area contributed by atoms with E-state index in [0.29, 0.717) is 19.3 Å². The van der Waals surface area contributed by atoms with Crippen molar-refractivity contribution in [3.8, 4) is 0 Å². The molecule has 4 nitrogen and oxygen atoms in total. The number of carbonyl (C=O) groups is 2. The van der Waals surface area contributed by atoms with Crippen molar-refractivity contribution in [2.75, 3.05) is 0 Å². The van der Waals surface area contributed by atoms with Gasteiger partial charge in [0.2, 0.25) is 5.91 Å². The first-order chi connectivity index (χ1) is 9.15. The monoisotopic (exact) mass is 261 g/mol. The normalized spacial score (nSPS) is 22.3. The summed E-state index contributed by atoms with van der Waals surface area (Å²) >= 11 is 0. The summed E-state index contributed by atoms with van der Waals surface area (Å²) in [5.41, 5.74) is 5.84. The molecule has 102 valence electrons. The molecular formula is C15H19NO3. The maximum atomic E-state index is 12.0. The van der Waals surface area contributed by atoms with Crippen LogP contribution in [0.25, 0.3) is 0 Å². The van der Waals surface area contributed by atoms with Crippen molar-refractivity contribution < 1.29 is 14.3 Å². The molecule has 1 fully saturated rings. The van der Waals surface area contributed by atoms with Crippen molar-refractivity contribution in [2.45, 2.75) is 44.3 Å². The minimum Gasteiger partial charge on any atom is -0.375 e. The number of rotatable bonds is 6. The maximum absolute atomic E-state index is 12.0. The van der Waals surface area contributed by atoms with Gasteiger partial charge in [0, 0.05) is 18.4 Å². The second-order valence-electron chi connectivity index (χ2n) is 4.96. The molecule has 4 heteroatoms.